The summed E-state index contributed by atoms with van der Waals surface area (Å²) < 4.78 is 0. The number of carbonyl (C=O) groups is 1. The standard InChI is InChI=1S/C19H22N2O/c1-15-7-2-4-10-17(15)20-13-12-19(22)21-14-6-9-16-8-3-5-11-18(16)21/h2-5,7-8,10-11,20H,6,9,12-14H2,1H3. The minimum atomic E-state index is 0.202. The van der Waals surface area contributed by atoms with Crippen molar-refractivity contribution in [1.82, 2.24) is 0 Å². The van der Waals surface area contributed by atoms with Gasteiger partial charge in [-0.2, -0.15) is 0 Å². The van der Waals surface area contributed by atoms with E-state index in [9.17, 15) is 4.79 Å². The summed E-state index contributed by atoms with van der Waals surface area (Å²) in [5.74, 6) is 0.202. The number of nitrogens with zero attached hydrogens (tertiary/aromatic N) is 1. The third kappa shape index (κ3) is 3.14. The molecular weight excluding hydrogens is 272 g/mol. The molecule has 0 unspecified atom stereocenters. The van der Waals surface area contributed by atoms with Crippen LogP contribution in [0.4, 0.5) is 11.4 Å². The summed E-state index contributed by atoms with van der Waals surface area (Å²) in [4.78, 5) is 14.5. The van der Waals surface area contributed by atoms with Gasteiger partial charge in [-0.15, -0.1) is 0 Å². The van der Waals surface area contributed by atoms with Crippen molar-refractivity contribution in [3.63, 3.8) is 0 Å². The van der Waals surface area contributed by atoms with Crippen LogP contribution in [0.2, 0.25) is 0 Å². The van der Waals surface area contributed by atoms with Crippen molar-refractivity contribution < 1.29 is 4.79 Å². The Balaban J connectivity index is 1.60. The van der Waals surface area contributed by atoms with Gasteiger partial charge in [-0.25, -0.2) is 0 Å². The van der Waals surface area contributed by atoms with E-state index in [0.717, 1.165) is 30.8 Å². The summed E-state index contributed by atoms with van der Waals surface area (Å²) in [6.45, 7) is 3.58. The van der Waals surface area contributed by atoms with E-state index in [2.05, 4.69) is 36.5 Å². The third-order valence-electron chi connectivity index (χ3n) is 4.21. The van der Waals surface area contributed by atoms with Crippen molar-refractivity contribution in [2.24, 2.45) is 0 Å². The number of fused-ring (bicyclic) bond motifs is 1. The number of benzene rings is 2. The van der Waals surface area contributed by atoms with Crippen LogP contribution in [0.1, 0.15) is 24.0 Å². The number of hydrogen-bond donors (Lipinski definition) is 1. The first-order chi connectivity index (χ1) is 10.8. The number of aryl methyl sites for hydroxylation is 2. The molecule has 0 aliphatic carbocycles. The van der Waals surface area contributed by atoms with Crippen LogP contribution in [-0.2, 0) is 11.2 Å². The van der Waals surface area contributed by atoms with Crippen molar-refractivity contribution in [3.05, 3.63) is 59.7 Å². The fraction of sp³-hybridized carbons (Fsp3) is 0.316. The first kappa shape index (κ1) is 14.6. The Kier molecular flexibility index (Phi) is 4.42. The number of anilines is 2. The minimum Gasteiger partial charge on any atom is -0.384 e. The Labute approximate surface area is 132 Å². The van der Waals surface area contributed by atoms with Gasteiger partial charge >= 0.3 is 0 Å². The molecule has 0 saturated heterocycles. The summed E-state index contributed by atoms with van der Waals surface area (Å²) in [5, 5.41) is 3.36. The molecule has 2 aromatic rings. The van der Waals surface area contributed by atoms with E-state index in [1.807, 2.05) is 29.2 Å². The van der Waals surface area contributed by atoms with E-state index >= 15 is 0 Å². The fourth-order valence-corrected chi connectivity index (χ4v) is 3.00. The van der Waals surface area contributed by atoms with E-state index in [-0.39, 0.29) is 5.91 Å². The lowest BCUT2D eigenvalue weighted by atomic mass is 10.0. The molecule has 0 saturated carbocycles. The number of rotatable bonds is 4. The van der Waals surface area contributed by atoms with E-state index in [1.54, 1.807) is 0 Å². The van der Waals surface area contributed by atoms with E-state index in [0.29, 0.717) is 13.0 Å². The SMILES string of the molecule is Cc1ccccc1NCCC(=O)N1CCCc2ccccc21. The number of amides is 1. The van der Waals surface area contributed by atoms with Crippen LogP contribution in [0.5, 0.6) is 0 Å². The molecule has 114 valence electrons. The predicted molar refractivity (Wildman–Crippen MR) is 91.4 cm³/mol. The van der Waals surface area contributed by atoms with Crippen molar-refractivity contribution in [2.45, 2.75) is 26.2 Å². The Morgan fingerprint density at radius 2 is 1.91 bits per heavy atom. The zero-order valence-corrected chi connectivity index (χ0v) is 13.0. The molecule has 0 radical (unpaired) electrons. The van der Waals surface area contributed by atoms with Gasteiger partial charge < -0.3 is 10.2 Å². The highest BCUT2D eigenvalue weighted by Gasteiger charge is 2.21. The highest BCUT2D eigenvalue weighted by molar-refractivity contribution is 5.94. The van der Waals surface area contributed by atoms with Crippen LogP contribution in [0.3, 0.4) is 0 Å². The van der Waals surface area contributed by atoms with Gasteiger partial charge in [0.2, 0.25) is 5.91 Å². The molecule has 1 heterocycles. The minimum absolute atomic E-state index is 0.202. The fourth-order valence-electron chi connectivity index (χ4n) is 3.00. The molecular formula is C19H22N2O. The zero-order chi connectivity index (χ0) is 15.4. The van der Waals surface area contributed by atoms with Gasteiger partial charge in [-0.05, 0) is 43.0 Å². The van der Waals surface area contributed by atoms with Crippen LogP contribution in [0, 0.1) is 6.92 Å². The number of hydrogen-bond acceptors (Lipinski definition) is 2. The highest BCUT2D eigenvalue weighted by Crippen LogP contribution is 2.27. The number of carbonyl (C=O) groups excluding carboxylic acids is 1. The van der Waals surface area contributed by atoms with Crippen LogP contribution in [0.25, 0.3) is 0 Å². The van der Waals surface area contributed by atoms with Crippen molar-refractivity contribution >= 4 is 17.3 Å². The number of nitrogens with one attached hydrogen (secondary N) is 1. The lowest BCUT2D eigenvalue weighted by Gasteiger charge is -2.29. The van der Waals surface area contributed by atoms with E-state index < -0.39 is 0 Å². The molecule has 0 fully saturated rings. The molecule has 3 heteroatoms. The molecule has 1 aliphatic rings. The van der Waals surface area contributed by atoms with E-state index in [1.165, 1.54) is 11.1 Å². The first-order valence-corrected chi connectivity index (χ1v) is 7.93. The lowest BCUT2D eigenvalue weighted by molar-refractivity contribution is -0.118. The highest BCUT2D eigenvalue weighted by atomic mass is 16.2. The largest absolute Gasteiger partial charge is 0.384 e. The summed E-state index contributed by atoms with van der Waals surface area (Å²) in [6, 6.07) is 16.4. The normalized spacial score (nSPS) is 13.6. The van der Waals surface area contributed by atoms with E-state index in [4.69, 9.17) is 0 Å². The van der Waals surface area contributed by atoms with Crippen LogP contribution >= 0.6 is 0 Å². The summed E-state index contributed by atoms with van der Waals surface area (Å²) in [5.41, 5.74) is 4.69. The maximum Gasteiger partial charge on any atom is 0.228 e. The molecule has 1 N–H and O–H groups in total. The quantitative estimate of drug-likeness (QED) is 0.931. The second-order valence-electron chi connectivity index (χ2n) is 5.77. The van der Waals surface area contributed by atoms with Gasteiger partial charge in [0, 0.05) is 30.9 Å². The molecule has 2 aromatic carbocycles. The van der Waals surface area contributed by atoms with Crippen molar-refractivity contribution in [3.8, 4) is 0 Å². The maximum absolute atomic E-state index is 12.5. The van der Waals surface area contributed by atoms with Crippen LogP contribution in [0.15, 0.2) is 48.5 Å². The molecule has 0 atom stereocenters. The predicted octanol–water partition coefficient (Wildman–Crippen LogP) is 3.78. The topological polar surface area (TPSA) is 32.3 Å². The monoisotopic (exact) mass is 294 g/mol. The average molecular weight is 294 g/mol. The average Bonchev–Trinajstić information content (AvgIpc) is 2.56. The second-order valence-corrected chi connectivity index (χ2v) is 5.77. The summed E-state index contributed by atoms with van der Waals surface area (Å²) in [6.07, 6.45) is 2.64. The van der Waals surface area contributed by atoms with Gasteiger partial charge in [0.25, 0.3) is 0 Å². The molecule has 22 heavy (non-hydrogen) atoms. The molecule has 0 bridgehead atoms. The third-order valence-corrected chi connectivity index (χ3v) is 4.21. The van der Waals surface area contributed by atoms with Gasteiger partial charge in [0.05, 0.1) is 0 Å². The van der Waals surface area contributed by atoms with Crippen molar-refractivity contribution in [1.29, 1.82) is 0 Å². The number of para-hydroxylation sites is 2. The summed E-state index contributed by atoms with van der Waals surface area (Å²) >= 11 is 0. The molecule has 0 aromatic heterocycles. The molecule has 3 nitrogen and oxygen atoms in total. The van der Waals surface area contributed by atoms with Gasteiger partial charge in [-0.3, -0.25) is 4.79 Å². The Morgan fingerprint density at radius 1 is 1.14 bits per heavy atom. The lowest BCUT2D eigenvalue weighted by Crippen LogP contribution is -2.36. The Morgan fingerprint density at radius 3 is 2.77 bits per heavy atom. The Bertz CT molecular complexity index is 666. The summed E-state index contributed by atoms with van der Waals surface area (Å²) in [7, 11) is 0. The molecule has 1 aliphatic heterocycles. The smallest absolute Gasteiger partial charge is 0.228 e. The molecule has 0 spiro atoms. The Hall–Kier alpha value is -2.29. The maximum atomic E-state index is 12.5. The molecule has 1 amide bonds. The first-order valence-electron chi connectivity index (χ1n) is 7.93. The van der Waals surface area contributed by atoms with Crippen LogP contribution in [-0.4, -0.2) is 19.0 Å². The van der Waals surface area contributed by atoms with Crippen molar-refractivity contribution in [2.75, 3.05) is 23.3 Å². The van der Waals surface area contributed by atoms with Crippen LogP contribution < -0.4 is 10.2 Å². The van der Waals surface area contributed by atoms with Gasteiger partial charge in [-0.1, -0.05) is 36.4 Å². The van der Waals surface area contributed by atoms with Gasteiger partial charge in [0.15, 0.2) is 0 Å². The zero-order valence-electron chi connectivity index (χ0n) is 13.0. The second kappa shape index (κ2) is 6.65. The molecule has 3 rings (SSSR count). The van der Waals surface area contributed by atoms with Gasteiger partial charge in [0.1, 0.15) is 0 Å².